The van der Waals surface area contributed by atoms with Crippen LogP contribution in [-0.4, -0.2) is 199 Å². The molecule has 8 aromatic rings. The number of nitrogens with zero attached hydrogens (tertiary/aromatic N) is 3. The molecule has 8 aromatic carbocycles. The molecule has 21 atom stereocenters. The van der Waals surface area contributed by atoms with Gasteiger partial charge in [0.25, 0.3) is 0 Å². The normalized spacial score (nSPS) is 26.4. The van der Waals surface area contributed by atoms with Gasteiger partial charge in [-0.05, 0) is 68.2 Å². The van der Waals surface area contributed by atoms with Crippen LogP contribution in [0.4, 0.5) is 0 Å². The molecule has 1 unspecified atom stereocenters. The maximum atomic E-state index is 16.5. The lowest BCUT2D eigenvalue weighted by Crippen LogP contribution is -2.70. The van der Waals surface area contributed by atoms with Crippen LogP contribution in [0.3, 0.4) is 0 Å². The van der Waals surface area contributed by atoms with Crippen molar-refractivity contribution < 1.29 is 123 Å². The van der Waals surface area contributed by atoms with Crippen molar-refractivity contribution in [3.05, 3.63) is 298 Å². The Kier molecular flexibility index (Phi) is 37.6. The topological polar surface area (TPSA) is 363 Å². The zero-order valence-electron chi connectivity index (χ0n) is 74.0. The van der Waals surface area contributed by atoms with Crippen molar-refractivity contribution in [1.82, 2.24) is 10.6 Å². The molecule has 129 heavy (non-hydrogen) atoms. The van der Waals surface area contributed by atoms with Crippen LogP contribution >= 0.6 is 7.82 Å². The lowest BCUT2D eigenvalue weighted by atomic mass is 9.94. The number of benzene rings is 8. The second-order valence-electron chi connectivity index (χ2n) is 33.3. The summed E-state index contributed by atoms with van der Waals surface area (Å²) < 4.78 is 154. The number of amides is 2. The fourth-order valence-corrected chi connectivity index (χ4v) is 17.6. The van der Waals surface area contributed by atoms with Crippen LogP contribution in [0, 0.1) is 0 Å². The van der Waals surface area contributed by atoms with E-state index in [1.165, 1.54) is 20.8 Å². The first-order valence-electron chi connectivity index (χ1n) is 43.2. The predicted octanol–water partition coefficient (Wildman–Crippen LogP) is 14.0. The fourth-order valence-electron chi connectivity index (χ4n) is 15.3. The van der Waals surface area contributed by atoms with Crippen LogP contribution in [0.2, 0.25) is 18.1 Å². The molecule has 4 saturated heterocycles. The second kappa shape index (κ2) is 49.2. The van der Waals surface area contributed by atoms with Crippen molar-refractivity contribution in [2.45, 2.75) is 242 Å². The number of esters is 2. The number of rotatable bonds is 46. The summed E-state index contributed by atoms with van der Waals surface area (Å²) in [5.74, 6) is -3.00. The molecular weight excluding hydrogens is 1700 g/mol. The van der Waals surface area contributed by atoms with Crippen LogP contribution < -0.4 is 10.6 Å². The summed E-state index contributed by atoms with van der Waals surface area (Å²) in [6.45, 7) is 13.3. The number of phosphoric acid groups is 1. The number of ether oxygens (including phenoxy) is 17. The van der Waals surface area contributed by atoms with Gasteiger partial charge >= 0.3 is 19.8 Å². The van der Waals surface area contributed by atoms with Crippen molar-refractivity contribution in [2.24, 2.45) is 5.11 Å². The van der Waals surface area contributed by atoms with Crippen molar-refractivity contribution in [3.63, 3.8) is 0 Å². The van der Waals surface area contributed by atoms with E-state index in [0.717, 1.165) is 34.7 Å². The van der Waals surface area contributed by atoms with Crippen LogP contribution in [0.5, 0.6) is 0 Å². The highest BCUT2D eigenvalue weighted by molar-refractivity contribution is 7.47. The van der Waals surface area contributed by atoms with Crippen molar-refractivity contribution in [3.8, 4) is 0 Å². The molecule has 692 valence electrons. The summed E-state index contributed by atoms with van der Waals surface area (Å²) in [6, 6.07) is 71.0. The molecular formula is C96H118N5O26PSi. The first kappa shape index (κ1) is 98.7. The number of hydrogen-bond acceptors (Lipinski definition) is 26. The van der Waals surface area contributed by atoms with E-state index < -0.39 is 174 Å². The number of phosphoric ester groups is 1. The van der Waals surface area contributed by atoms with E-state index in [2.05, 4.69) is 41.4 Å². The first-order chi connectivity index (χ1) is 62.3. The number of carbonyl (C=O) groups excluding carboxylic acids is 4. The summed E-state index contributed by atoms with van der Waals surface area (Å²) in [7, 11) is -8.87. The third-order valence-electron chi connectivity index (χ3n) is 22.4. The molecule has 4 fully saturated rings. The number of nitrogens with one attached hydrogen (secondary N) is 2. The predicted molar refractivity (Wildman–Crippen MR) is 473 cm³/mol. The minimum Gasteiger partial charge on any atom is -0.457 e. The first-order valence-corrected chi connectivity index (χ1v) is 47.6. The van der Waals surface area contributed by atoms with Crippen LogP contribution in [-0.2, 0) is 171 Å². The largest absolute Gasteiger partial charge is 0.475 e. The Morgan fingerprint density at radius 3 is 0.992 bits per heavy atom. The number of hydrogen-bond donors (Lipinski definition) is 3. The molecule has 0 radical (unpaired) electrons. The molecule has 0 bridgehead atoms. The minimum absolute atomic E-state index is 0.0146. The Balaban J connectivity index is 0.975. The van der Waals surface area contributed by atoms with Gasteiger partial charge in [-0.15, -0.1) is 0 Å². The lowest BCUT2D eigenvalue weighted by molar-refractivity contribution is -0.361. The van der Waals surface area contributed by atoms with Gasteiger partial charge in [-0.2, -0.15) is 0 Å². The summed E-state index contributed by atoms with van der Waals surface area (Å²) in [5.41, 5.74) is 15.4. The molecule has 33 heteroatoms. The highest BCUT2D eigenvalue weighted by Crippen LogP contribution is 2.52. The minimum atomic E-state index is -5.96. The zero-order chi connectivity index (χ0) is 91.1. The van der Waals surface area contributed by atoms with E-state index in [1.54, 1.807) is 24.3 Å². The van der Waals surface area contributed by atoms with Gasteiger partial charge in [0.2, 0.25) is 11.8 Å². The van der Waals surface area contributed by atoms with Crippen LogP contribution in [0.15, 0.2) is 248 Å². The SMILES string of the molecule is CC(=O)N[C@H]1[C@H](O[C@H]2[C@@H](OCc3ccccc3)[C@@H](COCc3ccccc3)O[C@H](OP(=O)(O)O[C@H]3[C@H](OC(C)=O)[C@@H](NC(C)=O)[C@H](O[C@H]4[C@@H](OCc5ccccc5)[C@@H](COCc5ccccc5)O[C@H](OCCN=[N+]=[N-])[C@@H]4OCc4ccccc4)O[C@@H]3COCc3ccccc3)[C@@H]2OCc2ccccc2)O[C@H](COCc2ccccc2)[C@@H](O[Si](C)(C)C(C)(C)C)[C@@H]1OC(C)=O. The third-order valence-corrected chi connectivity index (χ3v) is 27.8. The van der Waals surface area contributed by atoms with Gasteiger partial charge in [-0.3, -0.25) is 28.2 Å². The number of carbonyl (C=O) groups is 4. The average Bonchev–Trinajstić information content (AvgIpc) is 0.760. The average molecular weight is 1820 g/mol. The van der Waals surface area contributed by atoms with Crippen LogP contribution in [0.25, 0.3) is 10.4 Å². The molecule has 0 saturated carbocycles. The van der Waals surface area contributed by atoms with Crippen molar-refractivity contribution in [2.75, 3.05) is 39.6 Å². The molecule has 12 rings (SSSR count). The van der Waals surface area contributed by atoms with Gasteiger partial charge in [-0.1, -0.05) is 269 Å². The van der Waals surface area contributed by atoms with Crippen LogP contribution in [0.1, 0.15) is 93.0 Å². The van der Waals surface area contributed by atoms with Crippen molar-refractivity contribution in [1.29, 1.82) is 0 Å². The van der Waals surface area contributed by atoms with E-state index in [4.69, 9.17) is 94.0 Å². The molecule has 0 spiro atoms. The summed E-state index contributed by atoms with van der Waals surface area (Å²) >= 11 is 0. The van der Waals surface area contributed by atoms with Gasteiger partial charge in [0, 0.05) is 39.2 Å². The Morgan fingerprint density at radius 1 is 0.388 bits per heavy atom. The molecule has 3 N–H and O–H groups in total. The van der Waals surface area contributed by atoms with Gasteiger partial charge in [-0.25, -0.2) is 4.57 Å². The van der Waals surface area contributed by atoms with E-state index in [9.17, 15) is 29.6 Å². The molecule has 4 aliphatic rings. The third kappa shape index (κ3) is 29.8. The molecule has 4 aliphatic heterocycles. The quantitative estimate of drug-likeness (QED) is 0.00607. The highest BCUT2D eigenvalue weighted by atomic mass is 31.2. The Bertz CT molecular complexity index is 4800. The smallest absolute Gasteiger partial charge is 0.457 e. The molecule has 0 aliphatic carbocycles. The van der Waals surface area contributed by atoms with Gasteiger partial charge in [0.1, 0.15) is 85.3 Å². The van der Waals surface area contributed by atoms with Gasteiger partial charge < -0.3 is 100 Å². The Hall–Kier alpha value is -9.36. The number of azide groups is 1. The second-order valence-corrected chi connectivity index (χ2v) is 39.4. The van der Waals surface area contributed by atoms with E-state index in [-0.39, 0.29) is 85.8 Å². The van der Waals surface area contributed by atoms with Gasteiger partial charge in [0.15, 0.2) is 45.7 Å². The summed E-state index contributed by atoms with van der Waals surface area (Å²) in [4.78, 5) is 72.7. The van der Waals surface area contributed by atoms with E-state index >= 15 is 4.57 Å². The Labute approximate surface area is 753 Å². The Morgan fingerprint density at radius 2 is 0.674 bits per heavy atom. The fraction of sp³-hybridized carbons (Fsp3) is 0.458. The maximum absolute atomic E-state index is 16.5. The monoisotopic (exact) mass is 1820 g/mol. The molecule has 31 nitrogen and oxygen atoms in total. The molecule has 2 amide bonds. The van der Waals surface area contributed by atoms with E-state index in [0.29, 0.717) is 16.7 Å². The molecule has 4 heterocycles. The zero-order valence-corrected chi connectivity index (χ0v) is 75.9. The summed E-state index contributed by atoms with van der Waals surface area (Å²) in [5, 5.41) is 9.19. The maximum Gasteiger partial charge on any atom is 0.475 e. The van der Waals surface area contributed by atoms with Gasteiger partial charge in [0.05, 0.1) is 85.9 Å². The van der Waals surface area contributed by atoms with E-state index in [1.807, 2.05) is 231 Å². The van der Waals surface area contributed by atoms with Crippen molar-refractivity contribution >= 4 is 39.9 Å². The molecule has 0 aromatic heterocycles. The standard InChI is InChI=1S/C96H118N5O26PSi/c1-64(102)99-80-86(117-66(3)104)84(78(62-110-54-70-38-22-12-23-39-70)119-92(80)123-88-82(113-56-72-42-26-14-27-43-72)76(60-108-52-68-34-18-10-19-35-68)121-94(112-51-50-98-101-97)90(88)115-58-74-46-30-16-31-47-74)125-128(106,107)126-95-91(116-59-75-48-32-17-33-49-75)89(83(114-57-73-44-28-15-29-45-73)77(122-95)61-109-53-69-36-20-11-21-37-69)124-93-81(100-65(2)103)87(118-67(4)105)85(127-129(8,9)96(5,6)7)79(120-93)63-111-55-71-40-24-13-25-41-71/h10-49,76-95H,50-63H2,1-9H3,(H,99,102)(H,100,103)(H,106,107)/t76-,77-,78-,79-,80-,81-,82+,83+,84-,85-,86-,87-,88+,89+,90-,91-,92+,93+,94+,95-/m1/s1. The highest BCUT2D eigenvalue weighted by Gasteiger charge is 2.61. The lowest BCUT2D eigenvalue weighted by Gasteiger charge is -2.52. The summed E-state index contributed by atoms with van der Waals surface area (Å²) in [6.07, 6.45) is -27.2.